The first-order valence-electron chi connectivity index (χ1n) is 8.38. The van der Waals surface area contributed by atoms with E-state index in [-0.39, 0.29) is 17.9 Å². The molecule has 134 valence electrons. The lowest BCUT2D eigenvalue weighted by atomic mass is 10.2. The van der Waals surface area contributed by atoms with Gasteiger partial charge in [-0.15, -0.1) is 0 Å². The number of guanidine groups is 1. The van der Waals surface area contributed by atoms with Gasteiger partial charge in [-0.2, -0.15) is 0 Å². The Morgan fingerprint density at radius 1 is 1.48 bits per heavy atom. The fourth-order valence-electron chi connectivity index (χ4n) is 3.11. The van der Waals surface area contributed by atoms with Gasteiger partial charge in [0, 0.05) is 38.5 Å². The predicted molar refractivity (Wildman–Crippen MR) is 92.6 cm³/mol. The van der Waals surface area contributed by atoms with Gasteiger partial charge in [0.2, 0.25) is 0 Å². The Labute approximate surface area is 139 Å². The molecule has 0 aromatic carbocycles. The maximum atomic E-state index is 11.2. The van der Waals surface area contributed by atoms with Crippen LogP contribution in [0.4, 0.5) is 0 Å². The Kier molecular flexibility index (Phi) is 6.67. The van der Waals surface area contributed by atoms with Gasteiger partial charge in [-0.3, -0.25) is 9.89 Å². The number of fused-ring (bicyclic) bond motifs is 1. The molecule has 7 nitrogen and oxygen atoms in total. The Hall–Kier alpha value is -0.860. The van der Waals surface area contributed by atoms with Gasteiger partial charge < -0.3 is 15.4 Å². The summed E-state index contributed by atoms with van der Waals surface area (Å²) in [6, 6.07) is 0.658. The second-order valence-corrected chi connectivity index (χ2v) is 8.92. The van der Waals surface area contributed by atoms with Gasteiger partial charge in [-0.1, -0.05) is 0 Å². The van der Waals surface area contributed by atoms with Crippen LogP contribution in [0, 0.1) is 0 Å². The number of morpholine rings is 1. The quantitative estimate of drug-likeness (QED) is 0.514. The molecule has 0 saturated carbocycles. The topological polar surface area (TPSA) is 83.0 Å². The lowest BCUT2D eigenvalue weighted by molar-refractivity contribution is -0.0453. The van der Waals surface area contributed by atoms with E-state index >= 15 is 0 Å². The van der Waals surface area contributed by atoms with Crippen LogP contribution in [0.25, 0.3) is 0 Å². The summed E-state index contributed by atoms with van der Waals surface area (Å²) in [4.78, 5) is 6.71. The number of hydrogen-bond acceptors (Lipinski definition) is 5. The number of ether oxygens (including phenoxy) is 1. The lowest BCUT2D eigenvalue weighted by Gasteiger charge is -2.35. The second-order valence-electron chi connectivity index (χ2n) is 6.66. The van der Waals surface area contributed by atoms with Crippen molar-refractivity contribution in [3.05, 3.63) is 0 Å². The van der Waals surface area contributed by atoms with Crippen molar-refractivity contribution in [2.24, 2.45) is 4.99 Å². The van der Waals surface area contributed by atoms with Crippen molar-refractivity contribution >= 4 is 15.8 Å². The molecule has 23 heavy (non-hydrogen) atoms. The molecule has 2 fully saturated rings. The minimum Gasteiger partial charge on any atom is -0.373 e. The van der Waals surface area contributed by atoms with Gasteiger partial charge in [-0.25, -0.2) is 8.42 Å². The number of hydrogen-bond donors (Lipinski definition) is 2. The van der Waals surface area contributed by atoms with Crippen molar-refractivity contribution in [2.45, 2.75) is 44.4 Å². The average Bonchev–Trinajstić information content (AvgIpc) is 2.96. The van der Waals surface area contributed by atoms with Crippen molar-refractivity contribution < 1.29 is 13.2 Å². The second kappa shape index (κ2) is 8.30. The Morgan fingerprint density at radius 2 is 2.26 bits per heavy atom. The van der Waals surface area contributed by atoms with Crippen LogP contribution in [0.1, 0.15) is 26.2 Å². The zero-order valence-electron chi connectivity index (χ0n) is 14.4. The summed E-state index contributed by atoms with van der Waals surface area (Å²) in [5.74, 6) is 0.874. The average molecular weight is 346 g/mol. The van der Waals surface area contributed by atoms with Crippen molar-refractivity contribution in [1.29, 1.82) is 0 Å². The number of rotatable bonds is 6. The van der Waals surface area contributed by atoms with Crippen molar-refractivity contribution in [1.82, 2.24) is 15.5 Å². The van der Waals surface area contributed by atoms with Gasteiger partial charge in [-0.05, 0) is 32.7 Å². The molecule has 0 aliphatic carbocycles. The third-order valence-electron chi connectivity index (χ3n) is 4.49. The maximum Gasteiger partial charge on any atom is 0.191 e. The van der Waals surface area contributed by atoms with Crippen molar-refractivity contribution in [3.8, 4) is 0 Å². The fraction of sp³-hybridized carbons (Fsp3) is 0.933. The minimum atomic E-state index is -2.93. The molecular formula is C15H30N4O3S. The number of aliphatic imine (C=N–C) groups is 1. The molecule has 3 unspecified atom stereocenters. The number of nitrogens with one attached hydrogen (secondary N) is 2. The van der Waals surface area contributed by atoms with Crippen molar-refractivity contribution in [3.63, 3.8) is 0 Å². The van der Waals surface area contributed by atoms with E-state index in [1.165, 1.54) is 25.6 Å². The van der Waals surface area contributed by atoms with Crippen LogP contribution in [0.2, 0.25) is 0 Å². The normalized spacial score (nSPS) is 27.5. The zero-order valence-corrected chi connectivity index (χ0v) is 15.2. The summed E-state index contributed by atoms with van der Waals surface area (Å²) >= 11 is 0. The molecular weight excluding hydrogens is 316 g/mol. The van der Waals surface area contributed by atoms with E-state index in [0.29, 0.717) is 25.0 Å². The first kappa shape index (κ1) is 18.5. The highest BCUT2D eigenvalue weighted by Gasteiger charge is 2.32. The molecule has 2 saturated heterocycles. The summed E-state index contributed by atoms with van der Waals surface area (Å²) in [6.07, 6.45) is 4.53. The molecule has 0 aromatic rings. The molecule has 3 atom stereocenters. The van der Waals surface area contributed by atoms with Crippen LogP contribution >= 0.6 is 0 Å². The van der Waals surface area contributed by atoms with E-state index in [1.807, 2.05) is 6.92 Å². The Balaban J connectivity index is 1.70. The molecule has 2 aliphatic rings. The third-order valence-corrected chi connectivity index (χ3v) is 5.46. The first-order valence-corrected chi connectivity index (χ1v) is 10.4. The summed E-state index contributed by atoms with van der Waals surface area (Å²) in [7, 11) is -1.21. The van der Waals surface area contributed by atoms with E-state index in [1.54, 1.807) is 7.05 Å². The van der Waals surface area contributed by atoms with Gasteiger partial charge >= 0.3 is 0 Å². The molecule has 0 radical (unpaired) electrons. The summed E-state index contributed by atoms with van der Waals surface area (Å²) in [5, 5.41) is 6.52. The van der Waals surface area contributed by atoms with E-state index in [2.05, 4.69) is 20.5 Å². The fourth-order valence-corrected chi connectivity index (χ4v) is 3.89. The molecule has 0 spiro atoms. The maximum absolute atomic E-state index is 11.2. The van der Waals surface area contributed by atoms with E-state index in [4.69, 9.17) is 4.74 Å². The molecule has 0 bridgehead atoms. The highest BCUT2D eigenvalue weighted by Crippen LogP contribution is 2.22. The van der Waals surface area contributed by atoms with Crippen LogP contribution in [0.5, 0.6) is 0 Å². The van der Waals surface area contributed by atoms with Crippen LogP contribution in [0.3, 0.4) is 0 Å². The Morgan fingerprint density at radius 3 is 2.96 bits per heavy atom. The monoisotopic (exact) mass is 346 g/mol. The Bertz CT molecular complexity index is 509. The third kappa shape index (κ3) is 6.27. The molecule has 2 aliphatic heterocycles. The smallest absolute Gasteiger partial charge is 0.191 e. The predicted octanol–water partition coefficient (Wildman–Crippen LogP) is -0.162. The number of sulfone groups is 1. The number of nitrogens with zero attached hydrogens (tertiary/aromatic N) is 2. The van der Waals surface area contributed by atoms with Gasteiger partial charge in [0.25, 0.3) is 0 Å². The standard InChI is InChI=1S/C15H30N4O3S/c1-12(6-8-23(3,20)21)18-15(16-2)17-9-14-10-19-7-4-5-13(19)11-22-14/h12-14H,4-11H2,1-3H3,(H2,16,17,18). The zero-order chi connectivity index (χ0) is 16.9. The summed E-state index contributed by atoms with van der Waals surface area (Å²) < 4.78 is 28.4. The summed E-state index contributed by atoms with van der Waals surface area (Å²) in [5.41, 5.74) is 0. The van der Waals surface area contributed by atoms with E-state index in [9.17, 15) is 8.42 Å². The van der Waals surface area contributed by atoms with Gasteiger partial charge in [0.15, 0.2) is 5.96 Å². The molecule has 0 amide bonds. The highest BCUT2D eigenvalue weighted by molar-refractivity contribution is 7.90. The lowest BCUT2D eigenvalue weighted by Crippen LogP contribution is -2.52. The van der Waals surface area contributed by atoms with Crippen LogP contribution in [-0.4, -0.2) is 82.8 Å². The van der Waals surface area contributed by atoms with Crippen LogP contribution in [0.15, 0.2) is 4.99 Å². The molecule has 2 rings (SSSR count). The van der Waals surface area contributed by atoms with Gasteiger partial charge in [0.05, 0.1) is 18.5 Å². The first-order chi connectivity index (χ1) is 10.9. The molecule has 2 heterocycles. The summed E-state index contributed by atoms with van der Waals surface area (Å²) in [6.45, 7) is 5.65. The molecule has 8 heteroatoms. The van der Waals surface area contributed by atoms with E-state index in [0.717, 1.165) is 13.2 Å². The van der Waals surface area contributed by atoms with Gasteiger partial charge in [0.1, 0.15) is 9.84 Å². The minimum absolute atomic E-state index is 0.0474. The van der Waals surface area contributed by atoms with E-state index < -0.39 is 9.84 Å². The van der Waals surface area contributed by atoms with Crippen LogP contribution < -0.4 is 10.6 Å². The van der Waals surface area contributed by atoms with Crippen LogP contribution in [-0.2, 0) is 14.6 Å². The highest BCUT2D eigenvalue weighted by atomic mass is 32.2. The largest absolute Gasteiger partial charge is 0.373 e. The molecule has 2 N–H and O–H groups in total. The SMILES string of the molecule is CN=C(NCC1CN2CCCC2CO1)NC(C)CCS(C)(=O)=O. The van der Waals surface area contributed by atoms with Crippen molar-refractivity contribution in [2.75, 3.05) is 45.3 Å². The molecule has 0 aromatic heterocycles.